The van der Waals surface area contributed by atoms with Crippen molar-refractivity contribution in [1.82, 2.24) is 4.98 Å². The molecule has 4 heteroatoms. The fraction of sp³-hybridized carbons (Fsp3) is 0.250. The van der Waals surface area contributed by atoms with Crippen LogP contribution in [0, 0.1) is 0 Å². The molecule has 0 aliphatic heterocycles. The van der Waals surface area contributed by atoms with Gasteiger partial charge in [0.1, 0.15) is 5.82 Å². The van der Waals surface area contributed by atoms with Gasteiger partial charge in [-0.3, -0.25) is 0 Å². The lowest BCUT2D eigenvalue weighted by Crippen LogP contribution is -2.18. The molecule has 0 spiro atoms. The number of carboxylic acids is 1. The summed E-state index contributed by atoms with van der Waals surface area (Å²) in [5.74, 6) is -0.314. The topological polar surface area (TPSA) is 62.2 Å². The molecule has 1 aromatic heterocycles. The molecule has 4 nitrogen and oxygen atoms in total. The Balaban J connectivity index is 1.85. The van der Waals surface area contributed by atoms with Crippen LogP contribution in [0.2, 0.25) is 0 Å². The highest BCUT2D eigenvalue weighted by molar-refractivity contribution is 5.88. The summed E-state index contributed by atoms with van der Waals surface area (Å²) < 4.78 is 0. The van der Waals surface area contributed by atoms with E-state index in [4.69, 9.17) is 5.11 Å². The van der Waals surface area contributed by atoms with Gasteiger partial charge >= 0.3 is 5.97 Å². The summed E-state index contributed by atoms with van der Waals surface area (Å²) in [4.78, 5) is 15.2. The van der Waals surface area contributed by atoms with E-state index in [-0.39, 0.29) is 11.6 Å². The lowest BCUT2D eigenvalue weighted by molar-refractivity contribution is 0.0697. The Morgan fingerprint density at radius 1 is 1.30 bits per heavy atom. The maximum absolute atomic E-state index is 11.0. The van der Waals surface area contributed by atoms with Gasteiger partial charge in [-0.2, -0.15) is 0 Å². The van der Waals surface area contributed by atoms with Crippen molar-refractivity contribution in [3.63, 3.8) is 0 Å². The van der Waals surface area contributed by atoms with E-state index in [0.717, 1.165) is 19.3 Å². The van der Waals surface area contributed by atoms with E-state index in [2.05, 4.69) is 28.5 Å². The van der Waals surface area contributed by atoms with Crippen molar-refractivity contribution in [3.8, 4) is 0 Å². The third-order valence-electron chi connectivity index (χ3n) is 3.70. The first-order valence-electron chi connectivity index (χ1n) is 6.78. The van der Waals surface area contributed by atoms with Crippen LogP contribution in [0.15, 0.2) is 42.6 Å². The molecule has 0 amide bonds. The predicted octanol–water partition coefficient (Wildman–Crippen LogP) is 3.27. The van der Waals surface area contributed by atoms with Crippen LogP contribution in [0.3, 0.4) is 0 Å². The summed E-state index contributed by atoms with van der Waals surface area (Å²) in [6, 6.07) is 11.7. The van der Waals surface area contributed by atoms with E-state index in [0.29, 0.717) is 5.82 Å². The van der Waals surface area contributed by atoms with Crippen molar-refractivity contribution >= 4 is 11.8 Å². The number of nitrogens with one attached hydrogen (secondary N) is 1. The fourth-order valence-corrected chi connectivity index (χ4v) is 2.72. The molecule has 1 unspecified atom stereocenters. The molecule has 1 aliphatic rings. The van der Waals surface area contributed by atoms with Gasteiger partial charge in [0, 0.05) is 6.20 Å². The lowest BCUT2D eigenvalue weighted by Gasteiger charge is -2.26. The van der Waals surface area contributed by atoms with Crippen LogP contribution >= 0.6 is 0 Å². The molecule has 2 aromatic rings. The second-order valence-electron chi connectivity index (χ2n) is 5.02. The smallest absolute Gasteiger partial charge is 0.335 e. The largest absolute Gasteiger partial charge is 0.478 e. The fourth-order valence-electron chi connectivity index (χ4n) is 2.72. The lowest BCUT2D eigenvalue weighted by atomic mass is 9.88. The summed E-state index contributed by atoms with van der Waals surface area (Å²) >= 11 is 0. The number of nitrogens with zero attached hydrogens (tertiary/aromatic N) is 1. The Kier molecular flexibility index (Phi) is 3.37. The van der Waals surface area contributed by atoms with E-state index in [1.165, 1.54) is 23.4 Å². The first-order valence-corrected chi connectivity index (χ1v) is 6.78. The molecule has 2 N–H and O–H groups in total. The Morgan fingerprint density at radius 2 is 2.15 bits per heavy atom. The summed E-state index contributed by atoms with van der Waals surface area (Å²) in [7, 11) is 0. The number of aryl methyl sites for hydroxylation is 1. The van der Waals surface area contributed by atoms with Gasteiger partial charge in [0.2, 0.25) is 0 Å². The minimum Gasteiger partial charge on any atom is -0.478 e. The molecule has 20 heavy (non-hydrogen) atoms. The highest BCUT2D eigenvalue weighted by atomic mass is 16.4. The molecule has 3 rings (SSSR count). The zero-order chi connectivity index (χ0) is 13.9. The quantitative estimate of drug-likeness (QED) is 0.896. The third-order valence-corrected chi connectivity index (χ3v) is 3.70. The monoisotopic (exact) mass is 268 g/mol. The van der Waals surface area contributed by atoms with Gasteiger partial charge in [0.25, 0.3) is 0 Å². The van der Waals surface area contributed by atoms with Gasteiger partial charge in [0.15, 0.2) is 0 Å². The van der Waals surface area contributed by atoms with Gasteiger partial charge in [-0.25, -0.2) is 9.78 Å². The van der Waals surface area contributed by atoms with Gasteiger partial charge in [-0.05, 0) is 42.5 Å². The molecule has 1 aromatic carbocycles. The summed E-state index contributed by atoms with van der Waals surface area (Å²) in [5, 5.41) is 12.4. The van der Waals surface area contributed by atoms with Crippen molar-refractivity contribution in [1.29, 1.82) is 0 Å². The van der Waals surface area contributed by atoms with Crippen LogP contribution in [-0.2, 0) is 6.42 Å². The normalized spacial score (nSPS) is 17.3. The molecule has 0 saturated carbocycles. The van der Waals surface area contributed by atoms with E-state index >= 15 is 0 Å². The van der Waals surface area contributed by atoms with E-state index in [1.54, 1.807) is 6.07 Å². The number of carbonyl (C=O) groups is 1. The number of hydrogen-bond acceptors (Lipinski definition) is 3. The van der Waals surface area contributed by atoms with Crippen molar-refractivity contribution in [2.45, 2.75) is 25.3 Å². The maximum atomic E-state index is 11.0. The van der Waals surface area contributed by atoms with Crippen LogP contribution in [0.1, 0.15) is 40.4 Å². The number of pyridine rings is 1. The van der Waals surface area contributed by atoms with Crippen LogP contribution in [0.5, 0.6) is 0 Å². The predicted molar refractivity (Wildman–Crippen MR) is 76.9 cm³/mol. The molecule has 0 radical (unpaired) electrons. The highest BCUT2D eigenvalue weighted by Gasteiger charge is 2.20. The van der Waals surface area contributed by atoms with Gasteiger partial charge in [-0.15, -0.1) is 0 Å². The molecule has 1 aliphatic carbocycles. The summed E-state index contributed by atoms with van der Waals surface area (Å²) in [5.41, 5.74) is 2.92. The molecule has 1 heterocycles. The first kappa shape index (κ1) is 12.7. The Bertz CT molecular complexity index is 640. The zero-order valence-corrected chi connectivity index (χ0v) is 11.0. The van der Waals surface area contributed by atoms with Crippen molar-refractivity contribution in [3.05, 3.63) is 59.3 Å². The summed E-state index contributed by atoms with van der Waals surface area (Å²) in [6.07, 6.45) is 4.81. The van der Waals surface area contributed by atoms with E-state index in [1.807, 2.05) is 6.07 Å². The van der Waals surface area contributed by atoms with Gasteiger partial charge < -0.3 is 10.4 Å². The molecule has 0 fully saturated rings. The number of hydrogen-bond donors (Lipinski definition) is 2. The molecule has 0 saturated heterocycles. The maximum Gasteiger partial charge on any atom is 0.335 e. The second-order valence-corrected chi connectivity index (χ2v) is 5.02. The van der Waals surface area contributed by atoms with Crippen molar-refractivity contribution < 1.29 is 9.90 Å². The Hall–Kier alpha value is -2.36. The zero-order valence-electron chi connectivity index (χ0n) is 11.0. The molecular formula is C16H16N2O2. The third kappa shape index (κ3) is 2.50. The van der Waals surface area contributed by atoms with Crippen LogP contribution in [0.4, 0.5) is 5.82 Å². The Labute approximate surface area is 117 Å². The average Bonchev–Trinajstić information content (AvgIpc) is 2.48. The van der Waals surface area contributed by atoms with Crippen LogP contribution < -0.4 is 5.32 Å². The van der Waals surface area contributed by atoms with Gasteiger partial charge in [-0.1, -0.05) is 24.3 Å². The molecule has 1 atom stereocenters. The highest BCUT2D eigenvalue weighted by Crippen LogP contribution is 2.31. The molecule has 0 bridgehead atoms. The van der Waals surface area contributed by atoms with E-state index < -0.39 is 5.97 Å². The number of aromatic nitrogens is 1. The van der Waals surface area contributed by atoms with Crippen LogP contribution in [0.25, 0.3) is 0 Å². The number of fused-ring (bicyclic) bond motifs is 1. The summed E-state index contributed by atoms with van der Waals surface area (Å²) in [6.45, 7) is 0. The SMILES string of the molecule is O=C(O)c1ccnc(NC2CCCc3ccccc32)c1. The van der Waals surface area contributed by atoms with Crippen molar-refractivity contribution in [2.24, 2.45) is 0 Å². The number of rotatable bonds is 3. The minimum absolute atomic E-state index is 0.205. The molecule has 102 valence electrons. The first-order chi connectivity index (χ1) is 9.74. The van der Waals surface area contributed by atoms with Gasteiger partial charge in [0.05, 0.1) is 11.6 Å². The second kappa shape index (κ2) is 5.33. The number of benzene rings is 1. The number of anilines is 1. The minimum atomic E-state index is -0.931. The van der Waals surface area contributed by atoms with Crippen molar-refractivity contribution in [2.75, 3.05) is 5.32 Å². The number of carboxylic acid groups (broad SMARTS) is 1. The average molecular weight is 268 g/mol. The Morgan fingerprint density at radius 3 is 3.00 bits per heavy atom. The molecular weight excluding hydrogens is 252 g/mol. The van der Waals surface area contributed by atoms with Crippen LogP contribution in [-0.4, -0.2) is 16.1 Å². The standard InChI is InChI=1S/C16H16N2O2/c19-16(20)12-8-9-17-15(10-12)18-14-7-3-5-11-4-1-2-6-13(11)14/h1-2,4,6,8-10,14H,3,5,7H2,(H,17,18)(H,19,20). The number of aromatic carboxylic acids is 1. The van der Waals surface area contributed by atoms with E-state index in [9.17, 15) is 4.79 Å².